The number of carbonyl (C=O) groups is 1. The van der Waals surface area contributed by atoms with Crippen LogP contribution in [0.15, 0.2) is 42.5 Å². The van der Waals surface area contributed by atoms with Gasteiger partial charge in [0.2, 0.25) is 0 Å². The highest BCUT2D eigenvalue weighted by Gasteiger charge is 2.28. The maximum atomic E-state index is 14.4. The summed E-state index contributed by atoms with van der Waals surface area (Å²) < 4.78 is 21.4. The van der Waals surface area contributed by atoms with Gasteiger partial charge in [0.1, 0.15) is 11.5 Å². The van der Waals surface area contributed by atoms with Gasteiger partial charge in [0.05, 0.1) is 13.2 Å². The van der Waals surface area contributed by atoms with Gasteiger partial charge in [0.25, 0.3) is 5.91 Å². The zero-order valence-corrected chi connectivity index (χ0v) is 17.5. The molecule has 0 spiro atoms. The summed E-state index contributed by atoms with van der Waals surface area (Å²) in [5.74, 6) is -0.600. The van der Waals surface area contributed by atoms with Crippen LogP contribution in [0.3, 0.4) is 0 Å². The fraction of sp³-hybridized carbons (Fsp3) is 0.333. The molecular weight excluding hydrogens is 395 g/mol. The Morgan fingerprint density at radius 2 is 1.94 bits per heavy atom. The van der Waals surface area contributed by atoms with Crippen LogP contribution in [0, 0.1) is 12.7 Å². The van der Waals surface area contributed by atoms with Gasteiger partial charge in [-0.15, -0.1) is 0 Å². The lowest BCUT2D eigenvalue weighted by Crippen LogP contribution is -2.36. The van der Waals surface area contributed by atoms with Crippen LogP contribution in [0.1, 0.15) is 33.7 Å². The molecule has 1 aromatic heterocycles. The van der Waals surface area contributed by atoms with Crippen molar-refractivity contribution < 1.29 is 13.9 Å². The van der Waals surface area contributed by atoms with Gasteiger partial charge in [0, 0.05) is 35.7 Å². The van der Waals surface area contributed by atoms with Crippen LogP contribution >= 0.6 is 0 Å². The summed E-state index contributed by atoms with van der Waals surface area (Å²) >= 11 is 0. The fourth-order valence-electron chi connectivity index (χ4n) is 4.43. The fourth-order valence-corrected chi connectivity index (χ4v) is 4.43. The van der Waals surface area contributed by atoms with Crippen LogP contribution in [-0.4, -0.2) is 42.0 Å². The summed E-state index contributed by atoms with van der Waals surface area (Å²) in [6, 6.07) is 12.6. The third kappa shape index (κ3) is 3.70. The van der Waals surface area contributed by atoms with Crippen LogP contribution in [0.2, 0.25) is 0 Å². The largest absolute Gasteiger partial charge is 0.378 e. The summed E-state index contributed by atoms with van der Waals surface area (Å²) in [6.45, 7) is 5.18. The monoisotopic (exact) mass is 420 g/mol. The van der Waals surface area contributed by atoms with Crippen molar-refractivity contribution in [2.45, 2.75) is 26.2 Å². The number of amides is 1. The van der Waals surface area contributed by atoms with Gasteiger partial charge in [-0.1, -0.05) is 12.1 Å². The molecule has 2 aromatic carbocycles. The number of anilines is 2. The molecule has 0 bridgehead atoms. The Morgan fingerprint density at radius 1 is 1.13 bits per heavy atom. The van der Waals surface area contributed by atoms with Crippen LogP contribution in [0.5, 0.6) is 0 Å². The van der Waals surface area contributed by atoms with E-state index >= 15 is 0 Å². The Hall–Kier alpha value is -3.19. The highest BCUT2D eigenvalue weighted by Crippen LogP contribution is 2.30. The molecule has 1 amide bonds. The number of rotatable bonds is 4. The molecule has 0 saturated carbocycles. The molecule has 1 N–H and O–H groups in total. The number of hydrogen-bond acceptors (Lipinski definition) is 4. The van der Waals surface area contributed by atoms with E-state index in [9.17, 15) is 9.18 Å². The van der Waals surface area contributed by atoms with Crippen molar-refractivity contribution in [2.24, 2.45) is 0 Å². The van der Waals surface area contributed by atoms with Crippen LogP contribution in [-0.2, 0) is 17.6 Å². The van der Waals surface area contributed by atoms with Crippen molar-refractivity contribution in [3.8, 4) is 5.69 Å². The first-order chi connectivity index (χ1) is 15.1. The summed E-state index contributed by atoms with van der Waals surface area (Å²) in [6.07, 6.45) is 2.51. The van der Waals surface area contributed by atoms with Gasteiger partial charge in [0.15, 0.2) is 5.69 Å². The van der Waals surface area contributed by atoms with Crippen molar-refractivity contribution >= 4 is 17.3 Å². The minimum atomic E-state index is -0.346. The van der Waals surface area contributed by atoms with Crippen molar-refractivity contribution in [1.29, 1.82) is 0 Å². The number of carbonyl (C=O) groups excluding carboxylic acids is 1. The van der Waals surface area contributed by atoms with E-state index in [2.05, 4.69) is 21.4 Å². The molecule has 6 nitrogen and oxygen atoms in total. The number of hydrogen-bond donors (Lipinski definition) is 1. The molecule has 1 fully saturated rings. The number of nitrogens with one attached hydrogen (secondary N) is 1. The van der Waals surface area contributed by atoms with Crippen LogP contribution in [0.4, 0.5) is 15.8 Å². The lowest BCUT2D eigenvalue weighted by molar-refractivity contribution is 0.102. The number of benzene rings is 2. The molecule has 7 heteroatoms. The van der Waals surface area contributed by atoms with Crippen molar-refractivity contribution in [1.82, 2.24) is 9.78 Å². The second-order valence-electron chi connectivity index (χ2n) is 8.04. The van der Waals surface area contributed by atoms with Crippen LogP contribution in [0.25, 0.3) is 5.69 Å². The first-order valence-corrected chi connectivity index (χ1v) is 10.7. The molecule has 3 aromatic rings. The van der Waals surface area contributed by atoms with Crippen molar-refractivity contribution in [2.75, 3.05) is 36.5 Å². The summed E-state index contributed by atoms with van der Waals surface area (Å²) in [5, 5.41) is 7.54. The van der Waals surface area contributed by atoms with Gasteiger partial charge < -0.3 is 15.0 Å². The number of ether oxygens (including phenoxy) is 1. The highest BCUT2D eigenvalue weighted by molar-refractivity contribution is 6.04. The van der Waals surface area contributed by atoms with E-state index in [4.69, 9.17) is 4.74 Å². The smallest absolute Gasteiger partial charge is 0.276 e. The highest BCUT2D eigenvalue weighted by atomic mass is 19.1. The SMILES string of the molecule is Cc1cc(N2CCOCC2)ccc1NC(=O)c1nn(-c2ccccc2F)c2c1CCC2. The number of aromatic nitrogens is 2. The molecule has 1 saturated heterocycles. The number of halogens is 1. The number of para-hydroxylation sites is 1. The summed E-state index contributed by atoms with van der Waals surface area (Å²) in [4.78, 5) is 15.4. The molecule has 160 valence electrons. The van der Waals surface area contributed by atoms with Gasteiger partial charge in [-0.2, -0.15) is 5.10 Å². The zero-order chi connectivity index (χ0) is 21.4. The molecule has 0 radical (unpaired) electrons. The molecule has 0 atom stereocenters. The standard InChI is InChI=1S/C24H25FN4O2/c1-16-15-17(28-11-13-31-14-12-28)9-10-20(16)26-24(30)23-18-5-4-8-21(18)29(27-23)22-7-3-2-6-19(22)25/h2-3,6-7,9-10,15H,4-5,8,11-14H2,1H3,(H,26,30). The number of nitrogens with zero attached hydrogens (tertiary/aromatic N) is 3. The topological polar surface area (TPSA) is 59.4 Å². The predicted molar refractivity (Wildman–Crippen MR) is 118 cm³/mol. The second-order valence-corrected chi connectivity index (χ2v) is 8.04. The second kappa shape index (κ2) is 8.15. The normalized spacial score (nSPS) is 15.7. The Balaban J connectivity index is 1.41. The molecule has 5 rings (SSSR count). The Bertz CT molecular complexity index is 1130. The number of morpholine rings is 1. The van der Waals surface area contributed by atoms with Crippen molar-refractivity contribution in [3.05, 3.63) is 70.8 Å². The van der Waals surface area contributed by atoms with E-state index in [1.807, 2.05) is 19.1 Å². The molecule has 1 aliphatic carbocycles. The van der Waals surface area contributed by atoms with Crippen molar-refractivity contribution in [3.63, 3.8) is 0 Å². The minimum Gasteiger partial charge on any atom is -0.378 e. The first-order valence-electron chi connectivity index (χ1n) is 10.7. The summed E-state index contributed by atoms with van der Waals surface area (Å²) in [7, 11) is 0. The quantitative estimate of drug-likeness (QED) is 0.696. The number of aryl methyl sites for hydroxylation is 1. The Labute approximate surface area is 180 Å². The maximum absolute atomic E-state index is 14.4. The van der Waals surface area contributed by atoms with E-state index in [1.165, 1.54) is 6.07 Å². The average molecular weight is 420 g/mol. The minimum absolute atomic E-state index is 0.254. The molecular formula is C24H25FN4O2. The van der Waals surface area contributed by atoms with Gasteiger partial charge >= 0.3 is 0 Å². The summed E-state index contributed by atoms with van der Waals surface area (Å²) in [5.41, 5.74) is 5.48. The Morgan fingerprint density at radius 3 is 2.71 bits per heavy atom. The Kier molecular flexibility index (Phi) is 5.19. The molecule has 0 unspecified atom stereocenters. The number of fused-ring (bicyclic) bond motifs is 1. The average Bonchev–Trinajstić information content (AvgIpc) is 3.39. The van der Waals surface area contributed by atoms with E-state index in [0.29, 0.717) is 11.4 Å². The van der Waals surface area contributed by atoms with E-state index < -0.39 is 0 Å². The lowest BCUT2D eigenvalue weighted by atomic mass is 10.1. The first kappa shape index (κ1) is 19.8. The van der Waals surface area contributed by atoms with E-state index in [0.717, 1.165) is 73.8 Å². The van der Waals surface area contributed by atoms with E-state index in [1.54, 1.807) is 22.9 Å². The van der Waals surface area contributed by atoms with Crippen LogP contribution < -0.4 is 10.2 Å². The third-order valence-electron chi connectivity index (χ3n) is 6.06. The molecule has 2 heterocycles. The lowest BCUT2D eigenvalue weighted by Gasteiger charge is -2.29. The molecule has 1 aliphatic heterocycles. The zero-order valence-electron chi connectivity index (χ0n) is 17.5. The van der Waals surface area contributed by atoms with E-state index in [-0.39, 0.29) is 11.7 Å². The third-order valence-corrected chi connectivity index (χ3v) is 6.06. The maximum Gasteiger partial charge on any atom is 0.276 e. The molecule has 2 aliphatic rings. The predicted octanol–water partition coefficient (Wildman–Crippen LogP) is 3.90. The van der Waals surface area contributed by atoms with Gasteiger partial charge in [-0.3, -0.25) is 4.79 Å². The van der Waals surface area contributed by atoms with Gasteiger partial charge in [-0.05, 0) is 62.1 Å². The molecule has 31 heavy (non-hydrogen) atoms. The van der Waals surface area contributed by atoms with Gasteiger partial charge in [-0.25, -0.2) is 9.07 Å².